The molecule has 0 radical (unpaired) electrons. The number of hydrogen-bond acceptors (Lipinski definition) is 1. The third-order valence-electron chi connectivity index (χ3n) is 4.18. The maximum absolute atomic E-state index is 3.67. The van der Waals surface area contributed by atoms with Gasteiger partial charge in [-0.25, -0.2) is 0 Å². The fourth-order valence-corrected chi connectivity index (χ4v) is 2.22. The van der Waals surface area contributed by atoms with Crippen molar-refractivity contribution < 1.29 is 0 Å². The summed E-state index contributed by atoms with van der Waals surface area (Å²) in [6.45, 7) is 11.8. The van der Waals surface area contributed by atoms with E-state index in [4.69, 9.17) is 0 Å². The van der Waals surface area contributed by atoms with Gasteiger partial charge in [0.2, 0.25) is 0 Å². The Balaban J connectivity index is 2.15. The number of rotatable bonds is 7. The second kappa shape index (κ2) is 5.16. The van der Waals surface area contributed by atoms with Crippen molar-refractivity contribution in [3.8, 4) is 0 Å². The Morgan fingerprint density at radius 1 is 1.14 bits per heavy atom. The van der Waals surface area contributed by atoms with Crippen LogP contribution >= 0.6 is 0 Å². The highest BCUT2D eigenvalue weighted by Crippen LogP contribution is 2.51. The average molecular weight is 197 g/mol. The summed E-state index contributed by atoms with van der Waals surface area (Å²) in [7, 11) is 0. The third-order valence-corrected chi connectivity index (χ3v) is 4.18. The smallest absolute Gasteiger partial charge is 0.00104 e. The lowest BCUT2D eigenvalue weighted by Crippen LogP contribution is -2.31. The molecule has 1 fully saturated rings. The topological polar surface area (TPSA) is 12.0 Å². The van der Waals surface area contributed by atoms with E-state index < -0.39 is 0 Å². The van der Waals surface area contributed by atoms with Crippen LogP contribution in [-0.4, -0.2) is 13.1 Å². The van der Waals surface area contributed by atoms with E-state index in [0.29, 0.717) is 5.41 Å². The van der Waals surface area contributed by atoms with Crippen LogP contribution < -0.4 is 5.32 Å². The van der Waals surface area contributed by atoms with Crippen LogP contribution in [-0.2, 0) is 0 Å². The van der Waals surface area contributed by atoms with Crippen molar-refractivity contribution in [1.29, 1.82) is 0 Å². The molecule has 0 aliphatic heterocycles. The molecule has 1 rings (SSSR count). The molecule has 1 N–H and O–H groups in total. The Kier molecular flexibility index (Phi) is 4.43. The van der Waals surface area contributed by atoms with E-state index in [1.165, 1.54) is 38.8 Å². The van der Waals surface area contributed by atoms with E-state index in [-0.39, 0.29) is 0 Å². The van der Waals surface area contributed by atoms with Crippen LogP contribution in [0.4, 0.5) is 0 Å². The summed E-state index contributed by atoms with van der Waals surface area (Å²) >= 11 is 0. The van der Waals surface area contributed by atoms with Gasteiger partial charge < -0.3 is 5.32 Å². The number of nitrogens with one attached hydrogen (secondary N) is 1. The molecule has 1 aliphatic carbocycles. The van der Waals surface area contributed by atoms with Gasteiger partial charge in [0.05, 0.1) is 0 Å². The fourth-order valence-electron chi connectivity index (χ4n) is 2.22. The normalized spacial score (nSPS) is 19.3. The Bertz CT molecular complexity index is 155. The zero-order chi connectivity index (χ0) is 10.6. The zero-order valence-electron chi connectivity index (χ0n) is 10.4. The standard InChI is InChI=1S/C13H27N/c1-5-12(6-2)9-14-10-13(7-8-13)11(3)4/h11-12,14H,5-10H2,1-4H3. The van der Waals surface area contributed by atoms with Crippen LogP contribution in [0.2, 0.25) is 0 Å². The van der Waals surface area contributed by atoms with Crippen molar-refractivity contribution in [2.24, 2.45) is 17.3 Å². The van der Waals surface area contributed by atoms with E-state index in [1.54, 1.807) is 0 Å². The molecule has 0 aromatic carbocycles. The minimum absolute atomic E-state index is 0.673. The lowest BCUT2D eigenvalue weighted by atomic mass is 9.92. The molecule has 0 unspecified atom stereocenters. The lowest BCUT2D eigenvalue weighted by molar-refractivity contribution is 0.322. The molecular weight excluding hydrogens is 170 g/mol. The third kappa shape index (κ3) is 2.98. The SMILES string of the molecule is CCC(CC)CNCC1(C(C)C)CC1. The summed E-state index contributed by atoms with van der Waals surface area (Å²) in [5.74, 6) is 1.75. The monoisotopic (exact) mass is 197 g/mol. The predicted molar refractivity (Wildman–Crippen MR) is 63.4 cm³/mol. The molecule has 1 nitrogen and oxygen atoms in total. The summed E-state index contributed by atoms with van der Waals surface area (Å²) in [4.78, 5) is 0. The highest BCUT2D eigenvalue weighted by atomic mass is 14.9. The van der Waals surface area contributed by atoms with Gasteiger partial charge in [-0.1, -0.05) is 40.5 Å². The molecular formula is C13H27N. The molecule has 14 heavy (non-hydrogen) atoms. The first kappa shape index (κ1) is 12.0. The van der Waals surface area contributed by atoms with Gasteiger partial charge in [-0.2, -0.15) is 0 Å². The first-order valence-electron chi connectivity index (χ1n) is 6.35. The van der Waals surface area contributed by atoms with Crippen LogP contribution in [0.15, 0.2) is 0 Å². The maximum Gasteiger partial charge on any atom is 0.00104 e. The Morgan fingerprint density at radius 3 is 2.07 bits per heavy atom. The lowest BCUT2D eigenvalue weighted by Gasteiger charge is -2.22. The Morgan fingerprint density at radius 2 is 1.71 bits per heavy atom. The molecule has 84 valence electrons. The van der Waals surface area contributed by atoms with Gasteiger partial charge in [0.1, 0.15) is 0 Å². The van der Waals surface area contributed by atoms with Crippen molar-refractivity contribution in [2.75, 3.05) is 13.1 Å². The second-order valence-electron chi connectivity index (χ2n) is 5.33. The maximum atomic E-state index is 3.67. The summed E-state index contributed by atoms with van der Waals surface area (Å²) in [5.41, 5.74) is 0.673. The van der Waals surface area contributed by atoms with E-state index >= 15 is 0 Å². The van der Waals surface area contributed by atoms with Gasteiger partial charge in [-0.3, -0.25) is 0 Å². The predicted octanol–water partition coefficient (Wildman–Crippen LogP) is 3.45. The van der Waals surface area contributed by atoms with E-state index in [2.05, 4.69) is 33.0 Å². The molecule has 0 aromatic heterocycles. The van der Waals surface area contributed by atoms with Crippen LogP contribution in [0.1, 0.15) is 53.4 Å². The second-order valence-corrected chi connectivity index (χ2v) is 5.33. The van der Waals surface area contributed by atoms with Gasteiger partial charge >= 0.3 is 0 Å². The van der Waals surface area contributed by atoms with Gasteiger partial charge in [-0.05, 0) is 36.6 Å². The van der Waals surface area contributed by atoms with Crippen molar-refractivity contribution in [2.45, 2.75) is 53.4 Å². The van der Waals surface area contributed by atoms with E-state index in [0.717, 1.165) is 11.8 Å². The largest absolute Gasteiger partial charge is 0.316 e. The molecule has 0 bridgehead atoms. The minimum atomic E-state index is 0.673. The van der Waals surface area contributed by atoms with Crippen LogP contribution in [0.3, 0.4) is 0 Å². The fraction of sp³-hybridized carbons (Fsp3) is 1.00. The van der Waals surface area contributed by atoms with Crippen molar-refractivity contribution in [3.05, 3.63) is 0 Å². The quantitative estimate of drug-likeness (QED) is 0.659. The van der Waals surface area contributed by atoms with Gasteiger partial charge in [0.15, 0.2) is 0 Å². The molecule has 1 heteroatoms. The molecule has 0 atom stereocenters. The van der Waals surface area contributed by atoms with Gasteiger partial charge in [-0.15, -0.1) is 0 Å². The summed E-state index contributed by atoms with van der Waals surface area (Å²) in [6, 6.07) is 0. The highest BCUT2D eigenvalue weighted by molar-refractivity contribution is 4.97. The van der Waals surface area contributed by atoms with E-state index in [1.807, 2.05) is 0 Å². The zero-order valence-corrected chi connectivity index (χ0v) is 10.4. The molecule has 0 aromatic rings. The summed E-state index contributed by atoms with van der Waals surface area (Å²) < 4.78 is 0. The van der Waals surface area contributed by atoms with Gasteiger partial charge in [0, 0.05) is 6.54 Å². The summed E-state index contributed by atoms with van der Waals surface area (Å²) in [6.07, 6.45) is 5.53. The van der Waals surface area contributed by atoms with E-state index in [9.17, 15) is 0 Å². The first-order valence-corrected chi connectivity index (χ1v) is 6.35. The summed E-state index contributed by atoms with van der Waals surface area (Å²) in [5, 5.41) is 3.67. The van der Waals surface area contributed by atoms with Crippen molar-refractivity contribution in [3.63, 3.8) is 0 Å². The molecule has 0 saturated heterocycles. The molecule has 0 amide bonds. The van der Waals surface area contributed by atoms with Crippen LogP contribution in [0, 0.1) is 17.3 Å². The van der Waals surface area contributed by atoms with Crippen molar-refractivity contribution >= 4 is 0 Å². The molecule has 0 heterocycles. The molecule has 1 saturated carbocycles. The Labute approximate surface area is 89.7 Å². The average Bonchev–Trinajstić information content (AvgIpc) is 2.93. The van der Waals surface area contributed by atoms with Gasteiger partial charge in [0.25, 0.3) is 0 Å². The minimum Gasteiger partial charge on any atom is -0.316 e. The molecule has 0 spiro atoms. The van der Waals surface area contributed by atoms with Crippen LogP contribution in [0.5, 0.6) is 0 Å². The number of hydrogen-bond donors (Lipinski definition) is 1. The highest BCUT2D eigenvalue weighted by Gasteiger charge is 2.44. The molecule has 1 aliphatic rings. The van der Waals surface area contributed by atoms with Crippen LogP contribution in [0.25, 0.3) is 0 Å². The van der Waals surface area contributed by atoms with Crippen molar-refractivity contribution in [1.82, 2.24) is 5.32 Å². The first-order chi connectivity index (χ1) is 6.64. The Hall–Kier alpha value is -0.0400.